The van der Waals surface area contributed by atoms with Crippen molar-refractivity contribution < 1.29 is 19.4 Å². The maximum atomic E-state index is 11.2. The second-order valence-corrected chi connectivity index (χ2v) is 2.92. The highest BCUT2D eigenvalue weighted by Crippen LogP contribution is 2.17. The number of ether oxygens (including phenoxy) is 1. The summed E-state index contributed by atoms with van der Waals surface area (Å²) in [6.07, 6.45) is 0.538. The normalized spacial score (nSPS) is 25.2. The predicted octanol–water partition coefficient (Wildman–Crippen LogP) is 0.0340. The number of carboxylic acids is 1. The highest BCUT2D eigenvalue weighted by molar-refractivity contribution is 5.85. The van der Waals surface area contributed by atoms with Crippen molar-refractivity contribution >= 4 is 24.3 Å². The number of halogens is 1. The van der Waals surface area contributed by atoms with Crippen LogP contribution in [-0.2, 0) is 14.3 Å². The van der Waals surface area contributed by atoms with Crippen molar-refractivity contribution in [2.45, 2.75) is 19.4 Å². The van der Waals surface area contributed by atoms with Crippen LogP contribution in [0.5, 0.6) is 0 Å². The van der Waals surface area contributed by atoms with Crippen LogP contribution in [-0.4, -0.2) is 36.2 Å². The Bertz CT molecular complexity index is 221. The quantitative estimate of drug-likeness (QED) is 0.661. The average molecular weight is 224 g/mol. The first-order valence-electron chi connectivity index (χ1n) is 4.29. The molecule has 1 aliphatic heterocycles. The fraction of sp³-hybridized carbons (Fsp3) is 0.750. The van der Waals surface area contributed by atoms with Crippen LogP contribution in [0.2, 0.25) is 0 Å². The topological polar surface area (TPSA) is 75.6 Å². The number of carboxylic acid groups (broad SMARTS) is 1. The minimum Gasteiger partial charge on any atom is -0.480 e. The Morgan fingerprint density at radius 1 is 1.57 bits per heavy atom. The molecule has 1 fully saturated rings. The largest absolute Gasteiger partial charge is 0.480 e. The molecule has 0 radical (unpaired) electrons. The van der Waals surface area contributed by atoms with Gasteiger partial charge in [-0.25, -0.2) is 0 Å². The van der Waals surface area contributed by atoms with Gasteiger partial charge in [0.15, 0.2) is 0 Å². The van der Waals surface area contributed by atoms with Crippen molar-refractivity contribution in [3.63, 3.8) is 0 Å². The number of hydrogen-bond donors (Lipinski definition) is 2. The summed E-state index contributed by atoms with van der Waals surface area (Å²) in [4.78, 5) is 21.9. The van der Waals surface area contributed by atoms with E-state index in [0.29, 0.717) is 19.6 Å². The first kappa shape index (κ1) is 13.2. The summed E-state index contributed by atoms with van der Waals surface area (Å²) in [5.74, 6) is -1.94. The smallest absolute Gasteiger partial charge is 0.321 e. The Morgan fingerprint density at radius 2 is 2.21 bits per heavy atom. The fourth-order valence-electron chi connectivity index (χ4n) is 1.47. The van der Waals surface area contributed by atoms with E-state index < -0.39 is 23.9 Å². The molecule has 0 saturated carbocycles. The third-order valence-corrected chi connectivity index (χ3v) is 2.08. The van der Waals surface area contributed by atoms with Crippen molar-refractivity contribution in [3.8, 4) is 0 Å². The SMILES string of the molecule is CCOC(=O)[C@H]1CCN[C@H]1C(=O)O.Cl. The molecule has 1 heterocycles. The van der Waals surface area contributed by atoms with Gasteiger partial charge in [0.05, 0.1) is 12.5 Å². The molecule has 0 aromatic rings. The molecule has 6 heteroatoms. The summed E-state index contributed by atoms with van der Waals surface area (Å²) >= 11 is 0. The minimum atomic E-state index is -0.990. The Kier molecular flexibility index (Phi) is 5.49. The lowest BCUT2D eigenvalue weighted by atomic mass is 10.0. The van der Waals surface area contributed by atoms with E-state index in [1.807, 2.05) is 0 Å². The lowest BCUT2D eigenvalue weighted by Gasteiger charge is -2.13. The van der Waals surface area contributed by atoms with E-state index in [9.17, 15) is 9.59 Å². The van der Waals surface area contributed by atoms with E-state index in [4.69, 9.17) is 9.84 Å². The summed E-state index contributed by atoms with van der Waals surface area (Å²) in [5, 5.41) is 11.5. The second kappa shape index (κ2) is 5.82. The first-order chi connectivity index (χ1) is 6.16. The summed E-state index contributed by atoms with van der Waals surface area (Å²) in [5.41, 5.74) is 0. The van der Waals surface area contributed by atoms with Gasteiger partial charge in [0.1, 0.15) is 6.04 Å². The molecule has 0 unspecified atom stereocenters. The van der Waals surface area contributed by atoms with Crippen LogP contribution in [0.3, 0.4) is 0 Å². The Labute approximate surface area is 88.2 Å². The summed E-state index contributed by atoms with van der Waals surface area (Å²) in [7, 11) is 0. The zero-order valence-corrected chi connectivity index (χ0v) is 8.67. The van der Waals surface area contributed by atoms with E-state index in [-0.39, 0.29) is 12.4 Å². The lowest BCUT2D eigenvalue weighted by Crippen LogP contribution is -2.39. The van der Waals surface area contributed by atoms with Crippen LogP contribution in [0.25, 0.3) is 0 Å². The summed E-state index contributed by atoms with van der Waals surface area (Å²) in [6, 6.07) is -0.779. The Hall–Kier alpha value is -0.810. The van der Waals surface area contributed by atoms with Gasteiger partial charge in [0.25, 0.3) is 0 Å². The standard InChI is InChI=1S/C8H13NO4.ClH/c1-2-13-8(12)5-3-4-9-6(5)7(10)11;/h5-6,9H,2-4H2,1H3,(H,10,11);1H/t5-,6+;/m0./s1. The number of nitrogens with one attached hydrogen (secondary N) is 1. The van der Waals surface area contributed by atoms with Crippen LogP contribution < -0.4 is 5.32 Å². The van der Waals surface area contributed by atoms with E-state index in [1.54, 1.807) is 6.92 Å². The van der Waals surface area contributed by atoms with Gasteiger partial charge in [-0.05, 0) is 19.9 Å². The van der Waals surface area contributed by atoms with Crippen molar-refractivity contribution in [2.24, 2.45) is 5.92 Å². The first-order valence-corrected chi connectivity index (χ1v) is 4.29. The van der Waals surface area contributed by atoms with E-state index in [0.717, 1.165) is 0 Å². The molecule has 0 spiro atoms. The van der Waals surface area contributed by atoms with E-state index in [1.165, 1.54) is 0 Å². The number of carbonyl (C=O) groups excluding carboxylic acids is 1. The van der Waals surface area contributed by atoms with Crippen molar-refractivity contribution in [2.75, 3.05) is 13.2 Å². The molecular formula is C8H14ClNO4. The molecule has 0 aromatic heterocycles. The molecular weight excluding hydrogens is 210 g/mol. The van der Waals surface area contributed by atoms with Crippen molar-refractivity contribution in [3.05, 3.63) is 0 Å². The molecule has 5 nitrogen and oxygen atoms in total. The van der Waals surface area contributed by atoms with Crippen LogP contribution in [0.4, 0.5) is 0 Å². The van der Waals surface area contributed by atoms with Crippen LogP contribution in [0.1, 0.15) is 13.3 Å². The van der Waals surface area contributed by atoms with Gasteiger partial charge in [-0.3, -0.25) is 9.59 Å². The van der Waals surface area contributed by atoms with Crippen molar-refractivity contribution in [1.82, 2.24) is 5.32 Å². The van der Waals surface area contributed by atoms with E-state index >= 15 is 0 Å². The van der Waals surface area contributed by atoms with Gasteiger partial charge in [-0.2, -0.15) is 0 Å². The molecule has 14 heavy (non-hydrogen) atoms. The zero-order valence-electron chi connectivity index (χ0n) is 7.86. The molecule has 1 rings (SSSR count). The van der Waals surface area contributed by atoms with Gasteiger partial charge in [-0.1, -0.05) is 0 Å². The lowest BCUT2D eigenvalue weighted by molar-refractivity contribution is -0.153. The van der Waals surface area contributed by atoms with Crippen LogP contribution in [0, 0.1) is 5.92 Å². The molecule has 2 N–H and O–H groups in total. The molecule has 0 bridgehead atoms. The maximum Gasteiger partial charge on any atom is 0.321 e. The number of aliphatic carboxylic acids is 1. The number of esters is 1. The van der Waals surface area contributed by atoms with Gasteiger partial charge in [0.2, 0.25) is 0 Å². The molecule has 1 aliphatic rings. The zero-order chi connectivity index (χ0) is 9.84. The third kappa shape index (κ3) is 2.85. The number of carbonyl (C=O) groups is 2. The number of rotatable bonds is 3. The molecule has 82 valence electrons. The Balaban J connectivity index is 0.00000169. The van der Waals surface area contributed by atoms with Gasteiger partial charge in [0, 0.05) is 0 Å². The van der Waals surface area contributed by atoms with Crippen molar-refractivity contribution in [1.29, 1.82) is 0 Å². The third-order valence-electron chi connectivity index (χ3n) is 2.08. The van der Waals surface area contributed by atoms with Gasteiger partial charge < -0.3 is 15.2 Å². The molecule has 1 saturated heterocycles. The maximum absolute atomic E-state index is 11.2. The summed E-state index contributed by atoms with van der Waals surface area (Å²) in [6.45, 7) is 2.55. The Morgan fingerprint density at radius 3 is 2.71 bits per heavy atom. The van der Waals surface area contributed by atoms with Crippen LogP contribution in [0.15, 0.2) is 0 Å². The highest BCUT2D eigenvalue weighted by atomic mass is 35.5. The molecule has 2 atom stereocenters. The minimum absolute atomic E-state index is 0. The molecule has 0 amide bonds. The fourth-order valence-corrected chi connectivity index (χ4v) is 1.47. The summed E-state index contributed by atoms with van der Waals surface area (Å²) < 4.78 is 4.76. The molecule has 0 aliphatic carbocycles. The van der Waals surface area contributed by atoms with Crippen LogP contribution >= 0.6 is 12.4 Å². The molecule has 0 aromatic carbocycles. The van der Waals surface area contributed by atoms with E-state index in [2.05, 4.69) is 5.32 Å². The monoisotopic (exact) mass is 223 g/mol. The predicted molar refractivity (Wildman–Crippen MR) is 51.4 cm³/mol. The van der Waals surface area contributed by atoms with Gasteiger partial charge in [-0.15, -0.1) is 12.4 Å². The highest BCUT2D eigenvalue weighted by Gasteiger charge is 2.38. The second-order valence-electron chi connectivity index (χ2n) is 2.92. The van der Waals surface area contributed by atoms with Gasteiger partial charge >= 0.3 is 11.9 Å². The number of hydrogen-bond acceptors (Lipinski definition) is 4. The average Bonchev–Trinajstić information content (AvgIpc) is 2.52.